The summed E-state index contributed by atoms with van der Waals surface area (Å²) in [7, 11) is -0.530. The van der Waals surface area contributed by atoms with Crippen LogP contribution in [0.2, 0.25) is 0 Å². The van der Waals surface area contributed by atoms with Crippen molar-refractivity contribution < 1.29 is 27.3 Å². The van der Waals surface area contributed by atoms with Gasteiger partial charge in [0, 0.05) is 22.7 Å². The largest absolute Gasteiger partial charge is 0.505 e. The molecule has 1 amide bonds. The van der Waals surface area contributed by atoms with Crippen molar-refractivity contribution in [2.75, 3.05) is 6.54 Å². The summed E-state index contributed by atoms with van der Waals surface area (Å²) in [6, 6.07) is 1.80. The molecule has 0 unspecified atom stereocenters. The van der Waals surface area contributed by atoms with Crippen LogP contribution in [0.1, 0.15) is 38.1 Å². The van der Waals surface area contributed by atoms with Crippen molar-refractivity contribution in [2.24, 2.45) is 0 Å². The highest BCUT2D eigenvalue weighted by Gasteiger charge is 2.52. The molecule has 0 bridgehead atoms. The number of carbonyl (C=O) groups excluding carboxylic acids is 1. The number of carbonyl (C=O) groups is 1. The van der Waals surface area contributed by atoms with Gasteiger partial charge in [-0.3, -0.25) is 4.79 Å². The van der Waals surface area contributed by atoms with Gasteiger partial charge in [-0.25, -0.2) is 0 Å². The molecule has 3 heterocycles. The van der Waals surface area contributed by atoms with Gasteiger partial charge in [-0.05, 0) is 45.7 Å². The van der Waals surface area contributed by atoms with Gasteiger partial charge in [0.05, 0.1) is 11.2 Å². The predicted molar refractivity (Wildman–Crippen MR) is 85.2 cm³/mol. The van der Waals surface area contributed by atoms with Crippen LogP contribution in [0, 0.1) is 0 Å². The Bertz CT molecular complexity index is 655. The zero-order chi connectivity index (χ0) is 17.9. The van der Waals surface area contributed by atoms with Crippen LogP contribution in [0.3, 0.4) is 0 Å². The molecule has 1 saturated heterocycles. The minimum Gasteiger partial charge on any atom is -0.399 e. The molecule has 2 aliphatic heterocycles. The van der Waals surface area contributed by atoms with E-state index in [1.165, 1.54) is 11.3 Å². The normalized spacial score (nSPS) is 22.6. The summed E-state index contributed by atoms with van der Waals surface area (Å²) in [6.07, 6.45) is -4.41. The van der Waals surface area contributed by atoms with Gasteiger partial charge in [0.2, 0.25) is 0 Å². The van der Waals surface area contributed by atoms with E-state index in [-0.39, 0.29) is 13.1 Å². The number of alkyl halides is 3. The van der Waals surface area contributed by atoms with Gasteiger partial charge < -0.3 is 14.2 Å². The standard InChI is InChI=1S/C15H19BF3NO3S/c1-13(2)14(3,4)23-16(22-13)11-7-9-8-20(6-5-10(9)24-11)12(21)15(17,18)19/h7H,5-6,8H2,1-4H3. The van der Waals surface area contributed by atoms with Crippen LogP contribution >= 0.6 is 11.3 Å². The van der Waals surface area contributed by atoms with Gasteiger partial charge in [0.1, 0.15) is 0 Å². The second-order valence-electron chi connectivity index (χ2n) is 7.16. The lowest BCUT2D eigenvalue weighted by Crippen LogP contribution is -2.43. The van der Waals surface area contributed by atoms with E-state index in [9.17, 15) is 18.0 Å². The third kappa shape index (κ3) is 2.97. The molecule has 0 saturated carbocycles. The van der Waals surface area contributed by atoms with E-state index in [1.54, 1.807) is 6.07 Å². The maximum atomic E-state index is 12.6. The van der Waals surface area contributed by atoms with Crippen LogP contribution in [0.4, 0.5) is 13.2 Å². The van der Waals surface area contributed by atoms with Crippen molar-refractivity contribution in [1.82, 2.24) is 4.90 Å². The third-order valence-electron chi connectivity index (χ3n) is 4.90. The molecule has 0 atom stereocenters. The number of thiophene rings is 1. The van der Waals surface area contributed by atoms with Crippen LogP contribution in [0.25, 0.3) is 0 Å². The number of rotatable bonds is 1. The Morgan fingerprint density at radius 2 is 1.83 bits per heavy atom. The number of hydrogen-bond acceptors (Lipinski definition) is 4. The summed E-state index contributed by atoms with van der Waals surface area (Å²) >= 11 is 1.49. The lowest BCUT2D eigenvalue weighted by Gasteiger charge is -2.32. The quantitative estimate of drug-likeness (QED) is 0.722. The Hall–Kier alpha value is -1.06. The molecule has 0 N–H and O–H groups in total. The van der Waals surface area contributed by atoms with E-state index < -0.39 is 30.4 Å². The van der Waals surface area contributed by atoms with Crippen molar-refractivity contribution in [2.45, 2.75) is 58.0 Å². The minimum atomic E-state index is -4.83. The van der Waals surface area contributed by atoms with E-state index in [0.29, 0.717) is 6.42 Å². The molecule has 9 heteroatoms. The highest BCUT2D eigenvalue weighted by atomic mass is 32.1. The summed E-state index contributed by atoms with van der Waals surface area (Å²) in [6.45, 7) is 7.85. The lowest BCUT2D eigenvalue weighted by molar-refractivity contribution is -0.186. The van der Waals surface area contributed by atoms with Crippen molar-refractivity contribution in [3.05, 3.63) is 16.5 Å². The van der Waals surface area contributed by atoms with Crippen LogP contribution in [-0.2, 0) is 27.1 Å². The van der Waals surface area contributed by atoms with Crippen LogP contribution in [0.5, 0.6) is 0 Å². The Labute approximate surface area is 143 Å². The van der Waals surface area contributed by atoms with Gasteiger partial charge in [0.15, 0.2) is 0 Å². The molecule has 1 aromatic rings. The fourth-order valence-corrected chi connectivity index (χ4v) is 3.91. The monoisotopic (exact) mass is 361 g/mol. The fraction of sp³-hybridized carbons (Fsp3) is 0.667. The third-order valence-corrected chi connectivity index (χ3v) is 6.16. The predicted octanol–water partition coefficient (Wildman–Crippen LogP) is 2.49. The van der Waals surface area contributed by atoms with E-state index in [1.807, 2.05) is 27.7 Å². The molecule has 0 radical (unpaired) electrons. The highest BCUT2D eigenvalue weighted by Crippen LogP contribution is 2.37. The average molecular weight is 361 g/mol. The molecule has 132 valence electrons. The Balaban J connectivity index is 1.79. The van der Waals surface area contributed by atoms with Gasteiger partial charge in [0.25, 0.3) is 0 Å². The van der Waals surface area contributed by atoms with E-state index >= 15 is 0 Å². The average Bonchev–Trinajstić information content (AvgIpc) is 2.95. The van der Waals surface area contributed by atoms with Crippen molar-refractivity contribution >= 4 is 29.1 Å². The van der Waals surface area contributed by atoms with Crippen molar-refractivity contribution in [3.8, 4) is 0 Å². The Morgan fingerprint density at radius 1 is 1.25 bits per heavy atom. The molecular formula is C15H19BF3NO3S. The number of nitrogens with zero attached hydrogens (tertiary/aromatic N) is 1. The number of halogens is 3. The Kier molecular flexibility index (Phi) is 4.05. The number of hydrogen-bond donors (Lipinski definition) is 0. The topological polar surface area (TPSA) is 38.8 Å². The maximum Gasteiger partial charge on any atom is 0.505 e. The molecule has 0 aromatic carbocycles. The maximum absolute atomic E-state index is 12.6. The van der Waals surface area contributed by atoms with Crippen molar-refractivity contribution in [3.63, 3.8) is 0 Å². The van der Waals surface area contributed by atoms with Crippen LogP contribution < -0.4 is 4.78 Å². The molecule has 24 heavy (non-hydrogen) atoms. The molecule has 4 nitrogen and oxygen atoms in total. The first-order valence-electron chi connectivity index (χ1n) is 7.74. The van der Waals surface area contributed by atoms with Gasteiger partial charge in [-0.1, -0.05) is 0 Å². The van der Waals surface area contributed by atoms with Crippen LogP contribution in [-0.4, -0.2) is 41.8 Å². The lowest BCUT2D eigenvalue weighted by atomic mass is 9.87. The second kappa shape index (κ2) is 5.47. The summed E-state index contributed by atoms with van der Waals surface area (Å²) in [5.74, 6) is -1.78. The first-order chi connectivity index (χ1) is 10.9. The van der Waals surface area contributed by atoms with E-state index in [2.05, 4.69) is 0 Å². The summed E-state index contributed by atoms with van der Waals surface area (Å²) in [5.41, 5.74) is -0.200. The molecule has 3 rings (SSSR count). The number of amides is 1. The van der Waals surface area contributed by atoms with Gasteiger partial charge in [-0.15, -0.1) is 11.3 Å². The first-order valence-corrected chi connectivity index (χ1v) is 8.55. The fourth-order valence-electron chi connectivity index (χ4n) is 2.78. The molecular weight excluding hydrogens is 342 g/mol. The zero-order valence-electron chi connectivity index (χ0n) is 14.0. The molecule has 1 fully saturated rings. The first kappa shape index (κ1) is 17.8. The zero-order valence-corrected chi connectivity index (χ0v) is 14.8. The van der Waals surface area contributed by atoms with E-state index in [0.717, 1.165) is 20.1 Å². The molecule has 0 aliphatic carbocycles. The van der Waals surface area contributed by atoms with Crippen molar-refractivity contribution in [1.29, 1.82) is 0 Å². The highest BCUT2D eigenvalue weighted by molar-refractivity contribution is 7.22. The smallest absolute Gasteiger partial charge is 0.399 e. The van der Waals surface area contributed by atoms with E-state index in [4.69, 9.17) is 9.31 Å². The Morgan fingerprint density at radius 3 is 2.38 bits per heavy atom. The minimum absolute atomic E-state index is 0.0241. The summed E-state index contributed by atoms with van der Waals surface area (Å²) < 4.78 is 50.6. The number of fused-ring (bicyclic) bond motifs is 1. The van der Waals surface area contributed by atoms with Gasteiger partial charge >= 0.3 is 19.2 Å². The SMILES string of the molecule is CC1(C)OB(c2cc3c(s2)CCN(C(=O)C(F)(F)F)C3)OC1(C)C. The summed E-state index contributed by atoms with van der Waals surface area (Å²) in [4.78, 5) is 13.3. The van der Waals surface area contributed by atoms with Crippen LogP contribution in [0.15, 0.2) is 6.07 Å². The van der Waals surface area contributed by atoms with Gasteiger partial charge in [-0.2, -0.15) is 13.2 Å². The molecule has 0 spiro atoms. The summed E-state index contributed by atoms with van der Waals surface area (Å²) in [5, 5.41) is 0. The molecule has 1 aromatic heterocycles. The molecule has 2 aliphatic rings. The second-order valence-corrected chi connectivity index (χ2v) is 8.33.